The van der Waals surface area contributed by atoms with E-state index in [0.717, 1.165) is 59.5 Å². The van der Waals surface area contributed by atoms with Crippen molar-refractivity contribution in [3.05, 3.63) is 76.8 Å². The summed E-state index contributed by atoms with van der Waals surface area (Å²) in [4.78, 5) is 26.9. The lowest BCUT2D eigenvalue weighted by Crippen LogP contribution is -2.31. The van der Waals surface area contributed by atoms with E-state index in [1.165, 1.54) is 0 Å². The molecule has 2 aliphatic rings. The highest BCUT2D eigenvalue weighted by Gasteiger charge is 2.49. The molecule has 1 unspecified atom stereocenters. The van der Waals surface area contributed by atoms with E-state index in [1.807, 2.05) is 68.4 Å². The number of hydrogen-bond acceptors (Lipinski definition) is 5. The monoisotopic (exact) mass is 635 g/mol. The summed E-state index contributed by atoms with van der Waals surface area (Å²) in [5.74, 6) is 2.59. The third-order valence-electron chi connectivity index (χ3n) is 8.45. The molecule has 2 fully saturated rings. The second-order valence-corrected chi connectivity index (χ2v) is 18.0. The van der Waals surface area contributed by atoms with Gasteiger partial charge in [-0.3, -0.25) is 9.79 Å². The number of allylic oxidation sites excluding steroid dienone is 2. The van der Waals surface area contributed by atoms with Gasteiger partial charge >= 0.3 is 0 Å². The Morgan fingerprint density at radius 3 is 2.27 bits per heavy atom. The van der Waals surface area contributed by atoms with E-state index in [9.17, 15) is 4.79 Å². The van der Waals surface area contributed by atoms with Crippen LogP contribution in [0.2, 0.25) is 5.15 Å². The van der Waals surface area contributed by atoms with Crippen molar-refractivity contribution in [2.45, 2.75) is 45.4 Å². The Kier molecular flexibility index (Phi) is 10.2. The first-order valence-corrected chi connectivity index (χ1v) is 18.9. The molecule has 4 N–H and O–H groups in total. The number of aromatic amines is 1. The summed E-state index contributed by atoms with van der Waals surface area (Å²) in [7, 11) is -0.596. The lowest BCUT2D eigenvalue weighted by Gasteiger charge is -2.25. The van der Waals surface area contributed by atoms with E-state index in [0.29, 0.717) is 47.5 Å². The number of nitrogens with zero attached hydrogens (tertiary/aromatic N) is 2. The third-order valence-corrected chi connectivity index (χ3v) is 10.1. The van der Waals surface area contributed by atoms with Crippen LogP contribution < -0.4 is 11.1 Å². The van der Waals surface area contributed by atoms with Crippen LogP contribution in [0.25, 0.3) is 16.8 Å². The van der Waals surface area contributed by atoms with Gasteiger partial charge in [0.25, 0.3) is 0 Å². The fourth-order valence-corrected chi connectivity index (χ4v) is 6.80. The van der Waals surface area contributed by atoms with Crippen LogP contribution in [0.15, 0.2) is 65.3 Å². The molecule has 1 atom stereocenters. The van der Waals surface area contributed by atoms with Crippen LogP contribution >= 0.6 is 21.6 Å². The topological polar surface area (TPSA) is 105 Å². The molecule has 1 heterocycles. The Morgan fingerprint density at radius 2 is 1.70 bits per heavy atom. The number of carbonyl (C=O) groups is 1. The van der Waals surface area contributed by atoms with E-state index >= 15 is 0 Å². The Bertz CT molecular complexity index is 1490. The van der Waals surface area contributed by atoms with Gasteiger partial charge in [0.05, 0.1) is 12.5 Å². The number of nitrogens with two attached hydrogens (primary N) is 1. The Morgan fingerprint density at radius 1 is 1.07 bits per heavy atom. The smallest absolute Gasteiger partial charge is 0.235 e. The predicted octanol–water partition coefficient (Wildman–Crippen LogP) is 7.71. The number of halogens is 1. The molecule has 0 saturated heterocycles. The average molecular weight is 636 g/mol. The van der Waals surface area contributed by atoms with E-state index in [4.69, 9.17) is 27.1 Å². The van der Waals surface area contributed by atoms with Crippen molar-refractivity contribution in [3.63, 3.8) is 0 Å². The molecular formula is C35H46ClN5O2S. The molecule has 3 aromatic rings. The Balaban J connectivity index is 1.33. The van der Waals surface area contributed by atoms with Gasteiger partial charge in [0.1, 0.15) is 23.4 Å². The zero-order valence-electron chi connectivity index (χ0n) is 26.5. The third kappa shape index (κ3) is 8.34. The Hall–Kier alpha value is -3.07. The van der Waals surface area contributed by atoms with Gasteiger partial charge in [-0.2, -0.15) is 0 Å². The number of benzene rings is 2. The minimum Gasteiger partial charge on any atom is -0.402 e. The predicted molar refractivity (Wildman–Crippen MR) is 187 cm³/mol. The number of aliphatic imine (C=N–C) groups is 1. The number of H-pyrrole nitrogens is 1. The molecule has 0 spiro atoms. The maximum absolute atomic E-state index is 14.1. The number of amides is 1. The number of hydrogen-bond donors (Lipinski definition) is 3. The van der Waals surface area contributed by atoms with Crippen molar-refractivity contribution >= 4 is 44.5 Å². The fraction of sp³-hybridized carbons (Fsp3) is 0.457. The van der Waals surface area contributed by atoms with E-state index in [2.05, 4.69) is 34.1 Å². The van der Waals surface area contributed by atoms with Gasteiger partial charge in [-0.25, -0.2) is 15.0 Å². The maximum Gasteiger partial charge on any atom is 0.235 e. The van der Waals surface area contributed by atoms with E-state index < -0.39 is 15.9 Å². The lowest BCUT2D eigenvalue weighted by atomic mass is 9.82. The first-order chi connectivity index (χ1) is 21.0. The number of carbonyl (C=O) groups excluding carboxylic acids is 1. The standard InChI is InChI=1S/C35H46ClN5O2S/c1-22(37)29(23(2)38-21-43-19-20-44(3,4)5)24-15-17-28(18-16-24)39-35(42)31(30(25-11-12-25)26-13-14-26)34-40-32(33(36)41-34)27-9-7-6-8-10-27/h6-10,15-18,25-26,30-31H,11-14,19-21,37H2,1-5H3,(H,39,42)(H,40,41). The molecule has 2 aromatic carbocycles. The van der Waals surface area contributed by atoms with Crippen molar-refractivity contribution in [3.8, 4) is 11.3 Å². The molecule has 1 amide bonds. The fourth-order valence-electron chi connectivity index (χ4n) is 5.93. The second-order valence-electron chi connectivity index (χ2n) is 13.1. The Labute approximate surface area is 268 Å². The zero-order valence-corrected chi connectivity index (χ0v) is 28.1. The maximum atomic E-state index is 14.1. The largest absolute Gasteiger partial charge is 0.402 e. The molecular weight excluding hydrogens is 590 g/mol. The summed E-state index contributed by atoms with van der Waals surface area (Å²) in [6.45, 7) is 4.84. The van der Waals surface area contributed by atoms with Gasteiger partial charge in [0, 0.05) is 34.0 Å². The van der Waals surface area contributed by atoms with Crippen LogP contribution in [0, 0.1) is 17.8 Å². The van der Waals surface area contributed by atoms with Crippen molar-refractivity contribution in [1.29, 1.82) is 0 Å². The van der Waals surface area contributed by atoms with Crippen LogP contribution in [0.1, 0.15) is 56.8 Å². The average Bonchev–Trinajstić information content (AvgIpc) is 3.91. The van der Waals surface area contributed by atoms with Crippen LogP contribution in [-0.2, 0) is 9.53 Å². The summed E-state index contributed by atoms with van der Waals surface area (Å²) in [6, 6.07) is 17.7. The summed E-state index contributed by atoms with van der Waals surface area (Å²) in [6.07, 6.45) is 11.5. The zero-order chi connectivity index (χ0) is 31.4. The number of nitrogens with one attached hydrogen (secondary N) is 2. The summed E-state index contributed by atoms with van der Waals surface area (Å²) >= 11 is 6.67. The molecule has 0 radical (unpaired) electrons. The molecule has 5 rings (SSSR count). The molecule has 236 valence electrons. The SMILES string of the molecule is CC(=NCOCCS(C)(C)C)C(=C(C)N)c1ccc(NC(=O)C(c2nc(-c3ccccc3)c(Cl)[nH]2)C(C2CC2)C2CC2)cc1. The lowest BCUT2D eigenvalue weighted by molar-refractivity contribution is -0.119. The molecule has 1 aromatic heterocycles. The van der Waals surface area contributed by atoms with Gasteiger partial charge in [0.2, 0.25) is 5.91 Å². The highest BCUT2D eigenvalue weighted by Crippen LogP contribution is 2.55. The van der Waals surface area contributed by atoms with Crippen molar-refractivity contribution in [2.75, 3.05) is 43.2 Å². The first kappa shape index (κ1) is 32.3. The normalized spacial score (nSPS) is 17.4. The molecule has 0 aliphatic heterocycles. The van der Waals surface area contributed by atoms with Gasteiger partial charge in [-0.1, -0.05) is 54.1 Å². The van der Waals surface area contributed by atoms with Crippen LogP contribution in [0.3, 0.4) is 0 Å². The minimum absolute atomic E-state index is 0.0515. The highest BCUT2D eigenvalue weighted by atomic mass is 35.5. The van der Waals surface area contributed by atoms with Gasteiger partial charge in [-0.05, 0) is 93.7 Å². The number of ether oxygens (including phenoxy) is 1. The van der Waals surface area contributed by atoms with E-state index in [-0.39, 0.29) is 11.8 Å². The number of imidazole rings is 1. The number of anilines is 1. The summed E-state index contributed by atoms with van der Waals surface area (Å²) < 4.78 is 5.77. The van der Waals surface area contributed by atoms with E-state index in [1.54, 1.807) is 0 Å². The molecule has 44 heavy (non-hydrogen) atoms. The number of rotatable bonds is 14. The molecule has 9 heteroatoms. The molecule has 2 aliphatic carbocycles. The molecule has 0 bridgehead atoms. The highest BCUT2D eigenvalue weighted by molar-refractivity contribution is 8.32. The van der Waals surface area contributed by atoms with Crippen LogP contribution in [0.4, 0.5) is 5.69 Å². The first-order valence-electron chi connectivity index (χ1n) is 15.5. The quantitative estimate of drug-likeness (QED) is 0.125. The minimum atomic E-state index is -0.596. The van der Waals surface area contributed by atoms with Crippen LogP contribution in [0.5, 0.6) is 0 Å². The van der Waals surface area contributed by atoms with Crippen molar-refractivity contribution in [2.24, 2.45) is 28.5 Å². The number of aromatic nitrogens is 2. The van der Waals surface area contributed by atoms with Gasteiger partial charge in [0.15, 0.2) is 0 Å². The molecule has 7 nitrogen and oxygen atoms in total. The van der Waals surface area contributed by atoms with Crippen molar-refractivity contribution in [1.82, 2.24) is 9.97 Å². The van der Waals surface area contributed by atoms with Crippen LogP contribution in [-0.4, -0.2) is 59.4 Å². The van der Waals surface area contributed by atoms with Gasteiger partial charge in [-0.15, -0.1) is 0 Å². The summed E-state index contributed by atoms with van der Waals surface area (Å²) in [5, 5.41) is 3.67. The van der Waals surface area contributed by atoms with Crippen molar-refractivity contribution < 1.29 is 9.53 Å². The second kappa shape index (κ2) is 13.9. The molecule has 2 saturated carbocycles. The van der Waals surface area contributed by atoms with Gasteiger partial charge < -0.3 is 20.8 Å². The summed E-state index contributed by atoms with van der Waals surface area (Å²) in [5.41, 5.74) is 12.0.